The highest BCUT2D eigenvalue weighted by Crippen LogP contribution is 2.47. The Labute approximate surface area is 195 Å². The predicted molar refractivity (Wildman–Crippen MR) is 123 cm³/mol. The Morgan fingerprint density at radius 2 is 1.73 bits per heavy atom. The standard InChI is InChI=1S/C23H32N2O7S/c1-7-31-19(28)15-8-9-16-18(27)24(12-13-25(16)17(15)26)14-23(10-11-23)33(30)22(5,6)20(29)32-21(2,3)4/h8-9H,7,10-14H2,1-6H3. The number of pyridine rings is 1. The van der Waals surface area contributed by atoms with Crippen LogP contribution in [0.2, 0.25) is 0 Å². The maximum absolute atomic E-state index is 13.5. The van der Waals surface area contributed by atoms with E-state index in [9.17, 15) is 23.4 Å². The monoisotopic (exact) mass is 480 g/mol. The molecule has 1 fully saturated rings. The van der Waals surface area contributed by atoms with Gasteiger partial charge in [0.05, 0.1) is 11.4 Å². The van der Waals surface area contributed by atoms with Crippen LogP contribution in [0.15, 0.2) is 16.9 Å². The van der Waals surface area contributed by atoms with Gasteiger partial charge in [0.15, 0.2) is 0 Å². The molecule has 33 heavy (non-hydrogen) atoms. The molecule has 3 rings (SSSR count). The van der Waals surface area contributed by atoms with Crippen LogP contribution >= 0.6 is 0 Å². The zero-order valence-corrected chi connectivity index (χ0v) is 20.9. The van der Waals surface area contributed by atoms with Gasteiger partial charge >= 0.3 is 11.9 Å². The predicted octanol–water partition coefficient (Wildman–Crippen LogP) is 1.88. The first kappa shape index (κ1) is 25.1. The summed E-state index contributed by atoms with van der Waals surface area (Å²) in [6.07, 6.45) is 1.26. The van der Waals surface area contributed by atoms with Crippen molar-refractivity contribution in [1.82, 2.24) is 9.47 Å². The van der Waals surface area contributed by atoms with Crippen molar-refractivity contribution >= 4 is 28.6 Å². The van der Waals surface area contributed by atoms with E-state index in [1.165, 1.54) is 16.7 Å². The molecule has 0 N–H and O–H groups in total. The molecule has 0 bridgehead atoms. The molecule has 1 aromatic rings. The number of esters is 2. The van der Waals surface area contributed by atoms with Gasteiger partial charge < -0.3 is 18.9 Å². The van der Waals surface area contributed by atoms with Gasteiger partial charge in [-0.25, -0.2) is 4.79 Å². The largest absolute Gasteiger partial charge is 0.462 e. The smallest absolute Gasteiger partial charge is 0.343 e. The van der Waals surface area contributed by atoms with Gasteiger partial charge in [0.1, 0.15) is 21.6 Å². The first-order chi connectivity index (χ1) is 15.2. The van der Waals surface area contributed by atoms with Crippen LogP contribution in [0.1, 0.15) is 75.2 Å². The van der Waals surface area contributed by atoms with Crippen LogP contribution in [0.25, 0.3) is 0 Å². The minimum absolute atomic E-state index is 0.110. The highest BCUT2D eigenvalue weighted by molar-refractivity contribution is 7.89. The van der Waals surface area contributed by atoms with Crippen molar-refractivity contribution in [2.75, 3.05) is 19.7 Å². The normalized spacial score (nSPS) is 18.4. The quantitative estimate of drug-likeness (QED) is 0.548. The molecule has 1 aliphatic heterocycles. The Morgan fingerprint density at radius 1 is 1.09 bits per heavy atom. The van der Waals surface area contributed by atoms with E-state index in [0.29, 0.717) is 12.8 Å². The second-order valence-corrected chi connectivity index (χ2v) is 12.4. The summed E-state index contributed by atoms with van der Waals surface area (Å²) in [6.45, 7) is 11.0. The van der Waals surface area contributed by atoms with E-state index in [4.69, 9.17) is 9.47 Å². The molecule has 1 unspecified atom stereocenters. The second kappa shape index (κ2) is 8.70. The number of ether oxygens (including phenoxy) is 2. The van der Waals surface area contributed by atoms with Gasteiger partial charge in [-0.1, -0.05) is 0 Å². The van der Waals surface area contributed by atoms with E-state index in [1.54, 1.807) is 46.4 Å². The molecule has 9 nitrogen and oxygen atoms in total. The van der Waals surface area contributed by atoms with Crippen LogP contribution in [0.3, 0.4) is 0 Å². The van der Waals surface area contributed by atoms with E-state index in [0.717, 1.165) is 0 Å². The molecule has 0 saturated heterocycles. The van der Waals surface area contributed by atoms with Gasteiger partial charge in [-0.2, -0.15) is 0 Å². The number of amides is 1. The number of carbonyl (C=O) groups excluding carboxylic acids is 3. The maximum atomic E-state index is 13.5. The van der Waals surface area contributed by atoms with Crippen molar-refractivity contribution in [1.29, 1.82) is 0 Å². The zero-order chi connectivity index (χ0) is 24.8. The van der Waals surface area contributed by atoms with Crippen LogP contribution in [-0.4, -0.2) is 66.3 Å². The number of hydrogen-bond donors (Lipinski definition) is 0. The molecule has 182 valence electrons. The fraction of sp³-hybridized carbons (Fsp3) is 0.652. The minimum atomic E-state index is -1.58. The molecule has 1 aromatic heterocycles. The molecule has 0 radical (unpaired) electrons. The average molecular weight is 481 g/mol. The van der Waals surface area contributed by atoms with Crippen LogP contribution in [0, 0.1) is 0 Å². The first-order valence-electron chi connectivity index (χ1n) is 11.1. The van der Waals surface area contributed by atoms with Gasteiger partial charge in [-0.3, -0.25) is 18.6 Å². The molecule has 0 aromatic carbocycles. The summed E-state index contributed by atoms with van der Waals surface area (Å²) in [5, 5.41) is 0. The van der Waals surface area contributed by atoms with Crippen molar-refractivity contribution in [2.24, 2.45) is 0 Å². The minimum Gasteiger partial charge on any atom is -0.462 e. The zero-order valence-electron chi connectivity index (χ0n) is 20.1. The summed E-state index contributed by atoms with van der Waals surface area (Å²) in [5.41, 5.74) is -1.19. The Hall–Kier alpha value is -2.49. The highest BCUT2D eigenvalue weighted by Gasteiger charge is 2.57. The summed E-state index contributed by atoms with van der Waals surface area (Å²) in [5.74, 6) is -1.62. The lowest BCUT2D eigenvalue weighted by Crippen LogP contribution is -2.52. The Bertz CT molecular complexity index is 1060. The van der Waals surface area contributed by atoms with Crippen LogP contribution in [0.5, 0.6) is 0 Å². The lowest BCUT2D eigenvalue weighted by Gasteiger charge is -2.35. The first-order valence-corrected chi connectivity index (χ1v) is 12.2. The van der Waals surface area contributed by atoms with Crippen LogP contribution < -0.4 is 5.56 Å². The molecule has 1 saturated carbocycles. The van der Waals surface area contributed by atoms with Gasteiger partial charge in [-0.15, -0.1) is 0 Å². The lowest BCUT2D eigenvalue weighted by atomic mass is 10.1. The summed E-state index contributed by atoms with van der Waals surface area (Å²) in [7, 11) is -1.58. The van der Waals surface area contributed by atoms with Gasteiger partial charge in [0, 0.05) is 30.4 Å². The number of fused-ring (bicyclic) bond motifs is 1. The van der Waals surface area contributed by atoms with Crippen molar-refractivity contribution < 1.29 is 28.1 Å². The number of carbonyl (C=O) groups is 3. The third-order valence-corrected chi connectivity index (χ3v) is 8.22. The SMILES string of the molecule is CCOC(=O)c1ccc2n(c1=O)CCN(CC1(S(=O)C(C)(C)C(=O)OC(C)(C)C)CC1)C2=O. The number of aromatic nitrogens is 1. The third kappa shape index (κ3) is 4.90. The number of nitrogens with zero attached hydrogens (tertiary/aromatic N) is 2. The van der Waals surface area contributed by atoms with E-state index in [1.807, 2.05) is 0 Å². The summed E-state index contributed by atoms with van der Waals surface area (Å²) >= 11 is 0. The molecule has 2 heterocycles. The third-order valence-electron chi connectivity index (χ3n) is 5.80. The van der Waals surface area contributed by atoms with Crippen molar-refractivity contribution in [3.05, 3.63) is 33.7 Å². The summed E-state index contributed by atoms with van der Waals surface area (Å²) < 4.78 is 23.3. The Balaban J connectivity index is 1.79. The number of rotatable bonds is 7. The molecule has 1 atom stereocenters. The van der Waals surface area contributed by atoms with Gasteiger partial charge in [0.2, 0.25) is 0 Å². The van der Waals surface area contributed by atoms with Gasteiger partial charge in [0.25, 0.3) is 11.5 Å². The molecular weight excluding hydrogens is 448 g/mol. The molecule has 0 spiro atoms. The summed E-state index contributed by atoms with van der Waals surface area (Å²) in [6, 6.07) is 2.76. The van der Waals surface area contributed by atoms with Crippen molar-refractivity contribution in [3.8, 4) is 0 Å². The lowest BCUT2D eigenvalue weighted by molar-refractivity contribution is -0.157. The van der Waals surface area contributed by atoms with Crippen LogP contribution in [-0.2, 0) is 31.6 Å². The Kier molecular flexibility index (Phi) is 6.63. The summed E-state index contributed by atoms with van der Waals surface area (Å²) in [4.78, 5) is 52.1. The van der Waals surface area contributed by atoms with Crippen molar-refractivity contribution in [3.63, 3.8) is 0 Å². The maximum Gasteiger partial charge on any atom is 0.343 e. The van der Waals surface area contributed by atoms with E-state index in [-0.39, 0.29) is 43.4 Å². The molecule has 1 aliphatic carbocycles. The fourth-order valence-corrected chi connectivity index (χ4v) is 5.92. The highest BCUT2D eigenvalue weighted by atomic mass is 32.2. The molecular formula is C23H32N2O7S. The molecule has 2 aliphatic rings. The molecule has 1 amide bonds. The van der Waals surface area contributed by atoms with Crippen molar-refractivity contribution in [2.45, 2.75) is 76.0 Å². The van der Waals surface area contributed by atoms with Gasteiger partial charge in [-0.05, 0) is 66.5 Å². The second-order valence-electron chi connectivity index (χ2n) is 10.0. The molecule has 10 heteroatoms. The van der Waals surface area contributed by atoms with Crippen LogP contribution in [0.4, 0.5) is 0 Å². The Morgan fingerprint density at radius 3 is 2.27 bits per heavy atom. The topological polar surface area (TPSA) is 112 Å². The van der Waals surface area contributed by atoms with E-state index in [2.05, 4.69) is 0 Å². The van der Waals surface area contributed by atoms with E-state index >= 15 is 0 Å². The van der Waals surface area contributed by atoms with E-state index < -0.39 is 43.4 Å². The number of hydrogen-bond acceptors (Lipinski definition) is 7. The fourth-order valence-electron chi connectivity index (χ4n) is 3.89. The average Bonchev–Trinajstić information content (AvgIpc) is 3.49.